The number of likely N-dealkylation sites (tertiary alicyclic amines) is 1. The Kier molecular flexibility index (Phi) is 6.53. The molecule has 174 valence electrons. The molecule has 8 nitrogen and oxygen atoms in total. The van der Waals surface area contributed by atoms with E-state index in [1.807, 2.05) is 36.4 Å². The van der Waals surface area contributed by atoms with Crippen LogP contribution in [0.5, 0.6) is 11.5 Å². The van der Waals surface area contributed by atoms with Crippen molar-refractivity contribution in [3.05, 3.63) is 59.7 Å². The molecule has 0 aliphatic carbocycles. The summed E-state index contributed by atoms with van der Waals surface area (Å²) in [6, 6.07) is 14.7. The summed E-state index contributed by atoms with van der Waals surface area (Å²) in [4.78, 5) is 41.7. The fourth-order valence-corrected chi connectivity index (χ4v) is 4.51. The molecule has 2 aliphatic heterocycles. The van der Waals surface area contributed by atoms with Crippen molar-refractivity contribution in [2.45, 2.75) is 25.9 Å². The maximum atomic E-state index is 13.4. The molecule has 3 atom stereocenters. The van der Waals surface area contributed by atoms with Crippen LogP contribution < -0.4 is 9.47 Å². The van der Waals surface area contributed by atoms with Gasteiger partial charge in [0.25, 0.3) is 0 Å². The van der Waals surface area contributed by atoms with Gasteiger partial charge in [-0.15, -0.1) is 0 Å². The second-order valence-corrected chi connectivity index (χ2v) is 8.42. The number of amides is 3. The lowest BCUT2D eigenvalue weighted by Crippen LogP contribution is -2.45. The lowest BCUT2D eigenvalue weighted by molar-refractivity contribution is -0.136. The number of methoxy groups -OCH3 is 2. The average Bonchev–Trinajstić information content (AvgIpc) is 3.33. The van der Waals surface area contributed by atoms with Gasteiger partial charge in [0.15, 0.2) is 0 Å². The first kappa shape index (κ1) is 22.6. The summed E-state index contributed by atoms with van der Waals surface area (Å²) >= 11 is 0. The molecule has 0 bridgehead atoms. The Balaban J connectivity index is 1.49. The predicted octanol–water partition coefficient (Wildman–Crippen LogP) is 2.89. The minimum absolute atomic E-state index is 0.126. The number of cyclic esters (lactones) is 1. The molecule has 2 heterocycles. The van der Waals surface area contributed by atoms with Crippen molar-refractivity contribution in [3.63, 3.8) is 0 Å². The molecule has 0 unspecified atom stereocenters. The normalized spacial score (nSPS) is 22.5. The molecular weight excluding hydrogens is 424 g/mol. The van der Waals surface area contributed by atoms with E-state index >= 15 is 0 Å². The van der Waals surface area contributed by atoms with Gasteiger partial charge in [-0.25, -0.2) is 9.69 Å². The number of ether oxygens (including phenoxy) is 3. The van der Waals surface area contributed by atoms with Crippen molar-refractivity contribution in [2.75, 3.05) is 27.4 Å². The molecule has 4 rings (SSSR count). The Hall–Kier alpha value is -3.55. The number of benzene rings is 2. The van der Waals surface area contributed by atoms with Gasteiger partial charge in [-0.05, 0) is 24.1 Å². The maximum Gasteiger partial charge on any atom is 0.416 e. The lowest BCUT2D eigenvalue weighted by Gasteiger charge is -2.24. The van der Waals surface area contributed by atoms with Gasteiger partial charge in [-0.3, -0.25) is 9.59 Å². The second kappa shape index (κ2) is 9.52. The molecule has 2 aromatic rings. The molecule has 3 amide bonds. The second-order valence-electron chi connectivity index (χ2n) is 8.42. The highest BCUT2D eigenvalue weighted by molar-refractivity contribution is 5.98. The SMILES string of the molecule is COc1ccc(CN2C[C@@H](C(=O)N3C(=O)OC[C@H]3Cc3ccccc3)[C@H](C)C2=O)c(OC)c1. The van der Waals surface area contributed by atoms with E-state index in [-0.39, 0.29) is 31.0 Å². The van der Waals surface area contributed by atoms with Gasteiger partial charge in [0.1, 0.15) is 18.1 Å². The molecule has 2 saturated heterocycles. The molecule has 0 spiro atoms. The third-order valence-electron chi connectivity index (χ3n) is 6.41. The van der Waals surface area contributed by atoms with Gasteiger partial charge in [-0.2, -0.15) is 0 Å². The molecule has 0 radical (unpaired) electrons. The van der Waals surface area contributed by atoms with E-state index in [4.69, 9.17) is 14.2 Å². The van der Waals surface area contributed by atoms with Crippen molar-refractivity contribution >= 4 is 17.9 Å². The number of hydrogen-bond donors (Lipinski definition) is 0. The molecule has 2 aliphatic rings. The largest absolute Gasteiger partial charge is 0.497 e. The van der Waals surface area contributed by atoms with E-state index in [0.29, 0.717) is 24.5 Å². The Labute approximate surface area is 193 Å². The van der Waals surface area contributed by atoms with Gasteiger partial charge in [-0.1, -0.05) is 37.3 Å². The Morgan fingerprint density at radius 2 is 1.85 bits per heavy atom. The third-order valence-corrected chi connectivity index (χ3v) is 6.41. The molecular formula is C25H28N2O6. The fourth-order valence-electron chi connectivity index (χ4n) is 4.51. The molecule has 2 fully saturated rings. The van der Waals surface area contributed by atoms with E-state index in [1.165, 1.54) is 4.90 Å². The molecule has 33 heavy (non-hydrogen) atoms. The number of carbonyl (C=O) groups excluding carboxylic acids is 3. The zero-order valence-corrected chi connectivity index (χ0v) is 19.0. The monoisotopic (exact) mass is 452 g/mol. The van der Waals surface area contributed by atoms with Gasteiger partial charge in [0, 0.05) is 30.6 Å². The van der Waals surface area contributed by atoms with Crippen molar-refractivity contribution in [1.82, 2.24) is 9.80 Å². The average molecular weight is 453 g/mol. The van der Waals surface area contributed by atoms with Crippen molar-refractivity contribution in [3.8, 4) is 11.5 Å². The van der Waals surface area contributed by atoms with Crippen LogP contribution in [0.3, 0.4) is 0 Å². The van der Waals surface area contributed by atoms with Crippen LogP contribution in [0.25, 0.3) is 0 Å². The lowest BCUT2D eigenvalue weighted by atomic mass is 9.95. The first-order valence-corrected chi connectivity index (χ1v) is 11.0. The summed E-state index contributed by atoms with van der Waals surface area (Å²) in [6.45, 7) is 2.43. The van der Waals surface area contributed by atoms with Crippen LogP contribution in [0.2, 0.25) is 0 Å². The van der Waals surface area contributed by atoms with E-state index < -0.39 is 17.9 Å². The summed E-state index contributed by atoms with van der Waals surface area (Å²) in [5, 5.41) is 0. The number of imide groups is 1. The van der Waals surface area contributed by atoms with Gasteiger partial charge < -0.3 is 19.1 Å². The maximum absolute atomic E-state index is 13.4. The van der Waals surface area contributed by atoms with E-state index in [1.54, 1.807) is 38.2 Å². The van der Waals surface area contributed by atoms with Gasteiger partial charge >= 0.3 is 6.09 Å². The number of hydrogen-bond acceptors (Lipinski definition) is 6. The molecule has 0 saturated carbocycles. The van der Waals surface area contributed by atoms with Crippen molar-refractivity contribution in [2.24, 2.45) is 11.8 Å². The first-order valence-electron chi connectivity index (χ1n) is 11.0. The summed E-state index contributed by atoms with van der Waals surface area (Å²) < 4.78 is 15.9. The smallest absolute Gasteiger partial charge is 0.416 e. The highest BCUT2D eigenvalue weighted by Crippen LogP contribution is 2.32. The summed E-state index contributed by atoms with van der Waals surface area (Å²) in [5.74, 6) is -0.377. The number of carbonyl (C=O) groups is 3. The molecule has 0 aromatic heterocycles. The summed E-state index contributed by atoms with van der Waals surface area (Å²) in [7, 11) is 3.13. The highest BCUT2D eigenvalue weighted by atomic mass is 16.6. The fraction of sp³-hybridized carbons (Fsp3) is 0.400. The quantitative estimate of drug-likeness (QED) is 0.642. The van der Waals surface area contributed by atoms with Crippen LogP contribution in [0.1, 0.15) is 18.1 Å². The van der Waals surface area contributed by atoms with E-state index in [9.17, 15) is 14.4 Å². The summed E-state index contributed by atoms with van der Waals surface area (Å²) in [5.41, 5.74) is 1.83. The van der Waals surface area contributed by atoms with E-state index in [0.717, 1.165) is 11.1 Å². The predicted molar refractivity (Wildman–Crippen MR) is 120 cm³/mol. The van der Waals surface area contributed by atoms with Crippen LogP contribution in [0.4, 0.5) is 4.79 Å². The molecule has 2 aromatic carbocycles. The third kappa shape index (κ3) is 4.51. The number of rotatable bonds is 7. The van der Waals surface area contributed by atoms with Gasteiger partial charge in [0.2, 0.25) is 11.8 Å². The summed E-state index contributed by atoms with van der Waals surface area (Å²) in [6.07, 6.45) is -0.129. The minimum Gasteiger partial charge on any atom is -0.497 e. The Bertz CT molecular complexity index is 1040. The van der Waals surface area contributed by atoms with E-state index in [2.05, 4.69) is 0 Å². The first-order chi connectivity index (χ1) is 15.9. The van der Waals surface area contributed by atoms with Crippen molar-refractivity contribution < 1.29 is 28.6 Å². The van der Waals surface area contributed by atoms with Crippen LogP contribution >= 0.6 is 0 Å². The van der Waals surface area contributed by atoms with Crippen LogP contribution in [0, 0.1) is 11.8 Å². The minimum atomic E-state index is -0.643. The van der Waals surface area contributed by atoms with Crippen LogP contribution in [-0.4, -0.2) is 61.1 Å². The highest BCUT2D eigenvalue weighted by Gasteiger charge is 2.48. The van der Waals surface area contributed by atoms with Crippen molar-refractivity contribution in [1.29, 1.82) is 0 Å². The molecule has 0 N–H and O–H groups in total. The Morgan fingerprint density at radius 3 is 2.55 bits per heavy atom. The topological polar surface area (TPSA) is 85.4 Å². The van der Waals surface area contributed by atoms with Crippen LogP contribution in [-0.2, 0) is 27.3 Å². The molecule has 8 heteroatoms. The van der Waals surface area contributed by atoms with Crippen LogP contribution in [0.15, 0.2) is 48.5 Å². The number of nitrogens with zero attached hydrogens (tertiary/aromatic N) is 2. The standard InChI is InChI=1S/C25H28N2O6/c1-16-21(14-26(23(16)28)13-18-9-10-20(31-2)12-22(18)32-3)24(29)27-19(15-33-25(27)30)11-17-7-5-4-6-8-17/h4-10,12,16,19,21H,11,13-15H2,1-3H3/t16-,19+,21+/m0/s1. The van der Waals surface area contributed by atoms with Gasteiger partial charge in [0.05, 0.1) is 26.2 Å². The zero-order chi connectivity index (χ0) is 23.5. The Morgan fingerprint density at radius 1 is 1.09 bits per heavy atom. The zero-order valence-electron chi connectivity index (χ0n) is 19.0.